The number of carboxylic acids is 1. The number of carbonyl (C=O) groups excluding carboxylic acids is 2. The van der Waals surface area contributed by atoms with E-state index in [2.05, 4.69) is 4.98 Å². The summed E-state index contributed by atoms with van der Waals surface area (Å²) in [5.41, 5.74) is 0.0962. The van der Waals surface area contributed by atoms with E-state index in [9.17, 15) is 14.7 Å². The molecule has 2 fully saturated rings. The Morgan fingerprint density at radius 1 is 1.59 bits per heavy atom. The van der Waals surface area contributed by atoms with E-state index in [1.807, 2.05) is 25.1 Å². The summed E-state index contributed by atoms with van der Waals surface area (Å²) in [6, 6.07) is 3.54. The molecule has 6 nitrogen and oxygen atoms in total. The van der Waals surface area contributed by atoms with Crippen molar-refractivity contribution in [3.63, 3.8) is 0 Å². The van der Waals surface area contributed by atoms with Crippen molar-refractivity contribution in [1.29, 1.82) is 0 Å². The molecule has 3 aliphatic heterocycles. The molecular formula is C16H15N2O4-. The fourth-order valence-corrected chi connectivity index (χ4v) is 3.93. The number of ether oxygens (including phenoxy) is 1. The summed E-state index contributed by atoms with van der Waals surface area (Å²) >= 11 is 0. The maximum atomic E-state index is 12.8. The molecule has 1 aromatic heterocycles. The number of carboxylic acid groups (broad SMARTS) is 1. The SMILES string of the molecule is C[C@H](c1cccnc1)N1C[C@@]23C=C[C@@H](O2)[C@H](C(=O)[O-])[C@@H]3C1=O. The summed E-state index contributed by atoms with van der Waals surface area (Å²) in [5.74, 6) is -2.99. The van der Waals surface area contributed by atoms with Gasteiger partial charge in [0.05, 0.1) is 24.6 Å². The monoisotopic (exact) mass is 299 g/mol. The van der Waals surface area contributed by atoms with Crippen LogP contribution in [0.2, 0.25) is 0 Å². The third-order valence-electron chi connectivity index (χ3n) is 5.04. The molecule has 2 saturated heterocycles. The fraction of sp³-hybridized carbons (Fsp3) is 0.438. The molecule has 114 valence electrons. The number of aliphatic carboxylic acids is 1. The van der Waals surface area contributed by atoms with Crippen LogP contribution in [0.15, 0.2) is 36.7 Å². The number of pyridine rings is 1. The number of amides is 1. The Kier molecular flexibility index (Phi) is 2.69. The highest BCUT2D eigenvalue weighted by Gasteiger charge is 2.65. The van der Waals surface area contributed by atoms with E-state index >= 15 is 0 Å². The number of nitrogens with zero attached hydrogens (tertiary/aromatic N) is 2. The molecule has 5 atom stereocenters. The zero-order chi connectivity index (χ0) is 15.5. The first-order chi connectivity index (χ1) is 10.5. The van der Waals surface area contributed by atoms with Crippen LogP contribution in [0.25, 0.3) is 0 Å². The molecule has 0 aliphatic carbocycles. The van der Waals surface area contributed by atoms with E-state index in [1.54, 1.807) is 23.4 Å². The van der Waals surface area contributed by atoms with Crippen LogP contribution < -0.4 is 5.11 Å². The molecule has 4 heterocycles. The fourth-order valence-electron chi connectivity index (χ4n) is 3.93. The standard InChI is InChI=1S/C16H16N2O4/c1-9(10-3-2-6-17-7-10)18-8-16-5-4-11(22-16)12(15(20)21)13(16)14(18)19/h2-7,9,11-13H,8H2,1H3,(H,20,21)/p-1/t9-,11-,12+,13-,16-/m1/s1. The normalized spacial score (nSPS) is 36.7. The number of hydrogen-bond donors (Lipinski definition) is 0. The second-order valence-corrected chi connectivity index (χ2v) is 6.15. The average molecular weight is 299 g/mol. The van der Waals surface area contributed by atoms with Gasteiger partial charge >= 0.3 is 0 Å². The molecule has 1 aromatic rings. The van der Waals surface area contributed by atoms with Gasteiger partial charge in [0.25, 0.3) is 0 Å². The first kappa shape index (κ1) is 13.5. The highest BCUT2D eigenvalue weighted by Crippen LogP contribution is 2.52. The van der Waals surface area contributed by atoms with Crippen LogP contribution >= 0.6 is 0 Å². The molecule has 0 unspecified atom stereocenters. The van der Waals surface area contributed by atoms with Crippen molar-refractivity contribution in [1.82, 2.24) is 9.88 Å². The molecule has 0 aromatic carbocycles. The van der Waals surface area contributed by atoms with E-state index in [1.165, 1.54) is 0 Å². The zero-order valence-electron chi connectivity index (χ0n) is 12.0. The molecule has 22 heavy (non-hydrogen) atoms. The minimum Gasteiger partial charge on any atom is -0.550 e. The van der Waals surface area contributed by atoms with Crippen LogP contribution in [0.3, 0.4) is 0 Å². The quantitative estimate of drug-likeness (QED) is 0.714. The Morgan fingerprint density at radius 2 is 2.41 bits per heavy atom. The van der Waals surface area contributed by atoms with Gasteiger partial charge in [0.15, 0.2) is 0 Å². The van der Waals surface area contributed by atoms with E-state index < -0.39 is 29.5 Å². The van der Waals surface area contributed by atoms with Crippen LogP contribution in [0.1, 0.15) is 18.5 Å². The van der Waals surface area contributed by atoms with Gasteiger partial charge in [-0.05, 0) is 18.6 Å². The smallest absolute Gasteiger partial charge is 0.230 e. The second-order valence-electron chi connectivity index (χ2n) is 6.15. The topological polar surface area (TPSA) is 82.6 Å². The molecular weight excluding hydrogens is 284 g/mol. The lowest BCUT2D eigenvalue weighted by molar-refractivity contribution is -0.313. The van der Waals surface area contributed by atoms with E-state index in [0.717, 1.165) is 5.56 Å². The Bertz CT molecular complexity index is 674. The van der Waals surface area contributed by atoms with Crippen LogP contribution in [-0.4, -0.2) is 40.0 Å². The molecule has 4 rings (SSSR count). The van der Waals surface area contributed by atoms with Crippen LogP contribution in [0.4, 0.5) is 0 Å². The van der Waals surface area contributed by atoms with Gasteiger partial charge in [-0.2, -0.15) is 0 Å². The lowest BCUT2D eigenvalue weighted by atomic mass is 9.77. The van der Waals surface area contributed by atoms with Crippen molar-refractivity contribution in [2.75, 3.05) is 6.54 Å². The maximum absolute atomic E-state index is 12.8. The highest BCUT2D eigenvalue weighted by atomic mass is 16.5. The van der Waals surface area contributed by atoms with Gasteiger partial charge in [-0.25, -0.2) is 0 Å². The number of rotatable bonds is 3. The van der Waals surface area contributed by atoms with E-state index in [4.69, 9.17) is 4.74 Å². The lowest BCUT2D eigenvalue weighted by Gasteiger charge is -2.27. The molecule has 0 radical (unpaired) electrons. The molecule has 1 spiro atoms. The van der Waals surface area contributed by atoms with Gasteiger partial charge in [0.1, 0.15) is 5.60 Å². The molecule has 3 aliphatic rings. The first-order valence-electron chi connectivity index (χ1n) is 7.32. The first-order valence-corrected chi connectivity index (χ1v) is 7.32. The van der Waals surface area contributed by atoms with Gasteiger partial charge < -0.3 is 19.5 Å². The maximum Gasteiger partial charge on any atom is 0.230 e. The van der Waals surface area contributed by atoms with Crippen molar-refractivity contribution in [3.8, 4) is 0 Å². The largest absolute Gasteiger partial charge is 0.550 e. The summed E-state index contributed by atoms with van der Waals surface area (Å²) < 4.78 is 5.83. The minimum atomic E-state index is -1.22. The highest BCUT2D eigenvalue weighted by molar-refractivity contribution is 5.90. The van der Waals surface area contributed by atoms with Crippen LogP contribution in [-0.2, 0) is 14.3 Å². The Morgan fingerprint density at radius 3 is 3.09 bits per heavy atom. The summed E-state index contributed by atoms with van der Waals surface area (Å²) in [6.45, 7) is 2.28. The predicted molar refractivity (Wildman–Crippen MR) is 73.1 cm³/mol. The van der Waals surface area contributed by atoms with E-state index in [0.29, 0.717) is 6.54 Å². The van der Waals surface area contributed by atoms with Crippen molar-refractivity contribution < 1.29 is 19.4 Å². The van der Waals surface area contributed by atoms with Crippen molar-refractivity contribution in [3.05, 3.63) is 42.2 Å². The Labute approximate surface area is 127 Å². The lowest BCUT2D eigenvalue weighted by Crippen LogP contribution is -2.45. The zero-order valence-corrected chi connectivity index (χ0v) is 12.0. The van der Waals surface area contributed by atoms with Crippen molar-refractivity contribution in [2.45, 2.75) is 24.7 Å². The molecule has 1 amide bonds. The number of carbonyl (C=O) groups is 2. The third kappa shape index (κ3) is 1.61. The Balaban J connectivity index is 1.68. The Hall–Kier alpha value is -2.21. The van der Waals surface area contributed by atoms with Crippen LogP contribution in [0.5, 0.6) is 0 Å². The second kappa shape index (κ2) is 4.39. The van der Waals surface area contributed by atoms with Crippen molar-refractivity contribution >= 4 is 11.9 Å². The summed E-state index contributed by atoms with van der Waals surface area (Å²) in [6.07, 6.45) is 6.43. The molecule has 0 N–H and O–H groups in total. The summed E-state index contributed by atoms with van der Waals surface area (Å²) in [4.78, 5) is 30.0. The van der Waals surface area contributed by atoms with Crippen LogP contribution in [0, 0.1) is 11.8 Å². The summed E-state index contributed by atoms with van der Waals surface area (Å²) in [7, 11) is 0. The van der Waals surface area contributed by atoms with E-state index in [-0.39, 0.29) is 11.9 Å². The number of fused-ring (bicyclic) bond motifs is 1. The van der Waals surface area contributed by atoms with Crippen molar-refractivity contribution in [2.24, 2.45) is 11.8 Å². The van der Waals surface area contributed by atoms with Gasteiger partial charge in [-0.1, -0.05) is 18.2 Å². The number of aromatic nitrogens is 1. The third-order valence-corrected chi connectivity index (χ3v) is 5.04. The van der Waals surface area contributed by atoms with Gasteiger partial charge in [0, 0.05) is 24.3 Å². The molecule has 2 bridgehead atoms. The molecule has 6 heteroatoms. The predicted octanol–water partition coefficient (Wildman–Crippen LogP) is -0.326. The summed E-state index contributed by atoms with van der Waals surface area (Å²) in [5, 5.41) is 11.4. The van der Waals surface area contributed by atoms with Gasteiger partial charge in [-0.15, -0.1) is 0 Å². The van der Waals surface area contributed by atoms with Gasteiger partial charge in [0.2, 0.25) is 5.91 Å². The molecule has 0 saturated carbocycles. The average Bonchev–Trinajstić information content (AvgIpc) is 3.15. The number of hydrogen-bond acceptors (Lipinski definition) is 5. The minimum absolute atomic E-state index is 0.181. The van der Waals surface area contributed by atoms with Gasteiger partial charge in [-0.3, -0.25) is 9.78 Å². The number of likely N-dealkylation sites (tertiary alicyclic amines) is 1.